The van der Waals surface area contributed by atoms with Gasteiger partial charge < -0.3 is 0 Å². The summed E-state index contributed by atoms with van der Waals surface area (Å²) in [5.41, 5.74) is 6.79. The summed E-state index contributed by atoms with van der Waals surface area (Å²) < 4.78 is 0. The molecule has 0 saturated heterocycles. The zero-order chi connectivity index (χ0) is 14.2. The van der Waals surface area contributed by atoms with Crippen LogP contribution in [0.25, 0.3) is 0 Å². The van der Waals surface area contributed by atoms with Crippen LogP contribution in [0.4, 0.5) is 0 Å². The maximum absolute atomic E-state index is 11.8. The second-order valence-electron chi connectivity index (χ2n) is 6.84. The molecule has 1 aromatic carbocycles. The van der Waals surface area contributed by atoms with Gasteiger partial charge in [0.2, 0.25) is 0 Å². The maximum Gasteiger partial charge on any atom is 0.156 e. The lowest BCUT2D eigenvalue weighted by Gasteiger charge is -2.29. The van der Waals surface area contributed by atoms with E-state index in [2.05, 4.69) is 46.8 Å². The van der Waals surface area contributed by atoms with Crippen molar-refractivity contribution in [3.05, 3.63) is 46.0 Å². The average Bonchev–Trinajstić information content (AvgIpc) is 2.20. The lowest BCUT2D eigenvalue weighted by molar-refractivity contribution is -0.117. The number of benzene rings is 1. The molecule has 0 heterocycles. The van der Waals surface area contributed by atoms with E-state index in [1.54, 1.807) is 0 Å². The first-order chi connectivity index (χ1) is 8.77. The van der Waals surface area contributed by atoms with Crippen LogP contribution in [0.3, 0.4) is 0 Å². The number of carbonyl (C=O) groups excluding carboxylic acids is 1. The van der Waals surface area contributed by atoms with Gasteiger partial charge in [0.1, 0.15) is 0 Å². The highest BCUT2D eigenvalue weighted by Gasteiger charge is 2.27. The van der Waals surface area contributed by atoms with Gasteiger partial charge in [0, 0.05) is 6.42 Å². The van der Waals surface area contributed by atoms with Gasteiger partial charge in [-0.2, -0.15) is 0 Å². The Morgan fingerprint density at radius 2 is 1.63 bits per heavy atom. The van der Waals surface area contributed by atoms with E-state index in [1.807, 2.05) is 6.08 Å². The minimum atomic E-state index is 0.119. The Bertz CT molecular complexity index is 524. The Balaban J connectivity index is 2.29. The molecule has 0 fully saturated rings. The summed E-state index contributed by atoms with van der Waals surface area (Å²) in [6, 6.07) is 4.47. The van der Waals surface area contributed by atoms with Crippen LogP contribution in [-0.2, 0) is 11.2 Å². The van der Waals surface area contributed by atoms with Crippen molar-refractivity contribution in [2.24, 2.45) is 5.41 Å². The molecule has 0 bridgehead atoms. The van der Waals surface area contributed by atoms with Crippen molar-refractivity contribution >= 4 is 5.78 Å². The maximum atomic E-state index is 11.8. The summed E-state index contributed by atoms with van der Waals surface area (Å²) in [5.74, 6) is 0.286. The van der Waals surface area contributed by atoms with Crippen LogP contribution in [0, 0.1) is 26.2 Å². The molecule has 0 N–H and O–H groups in total. The van der Waals surface area contributed by atoms with E-state index in [-0.39, 0.29) is 11.2 Å². The largest absolute Gasteiger partial charge is 0.295 e. The molecule has 0 aliphatic heterocycles. The van der Waals surface area contributed by atoms with Crippen LogP contribution < -0.4 is 0 Å². The van der Waals surface area contributed by atoms with Crippen LogP contribution in [0.1, 0.15) is 48.9 Å². The van der Waals surface area contributed by atoms with Gasteiger partial charge in [-0.25, -0.2) is 0 Å². The van der Waals surface area contributed by atoms with E-state index >= 15 is 0 Å². The minimum Gasteiger partial charge on any atom is -0.295 e. The first kappa shape index (κ1) is 14.0. The van der Waals surface area contributed by atoms with Crippen molar-refractivity contribution in [2.75, 3.05) is 0 Å². The number of carbonyl (C=O) groups is 1. The average molecular weight is 256 g/mol. The molecule has 0 aromatic heterocycles. The number of hydrogen-bond donors (Lipinski definition) is 0. The first-order valence-corrected chi connectivity index (χ1v) is 7.06. The van der Waals surface area contributed by atoms with Crippen molar-refractivity contribution < 1.29 is 4.79 Å². The summed E-state index contributed by atoms with van der Waals surface area (Å²) in [7, 11) is 0. The van der Waals surface area contributed by atoms with Crippen LogP contribution in [-0.4, -0.2) is 5.78 Å². The molecule has 102 valence electrons. The quantitative estimate of drug-likeness (QED) is 0.763. The van der Waals surface area contributed by atoms with Gasteiger partial charge in [0.05, 0.1) is 0 Å². The second-order valence-corrected chi connectivity index (χ2v) is 6.84. The Morgan fingerprint density at radius 3 is 2.16 bits per heavy atom. The predicted molar refractivity (Wildman–Crippen MR) is 80.5 cm³/mol. The van der Waals surface area contributed by atoms with Gasteiger partial charge in [-0.1, -0.05) is 37.1 Å². The Morgan fingerprint density at radius 1 is 1.05 bits per heavy atom. The molecule has 0 radical (unpaired) electrons. The van der Waals surface area contributed by atoms with Gasteiger partial charge in [0.15, 0.2) is 5.78 Å². The highest BCUT2D eigenvalue weighted by molar-refractivity contribution is 5.91. The molecule has 1 aliphatic carbocycles. The monoisotopic (exact) mass is 256 g/mol. The minimum absolute atomic E-state index is 0.119. The van der Waals surface area contributed by atoms with Crippen LogP contribution >= 0.6 is 0 Å². The van der Waals surface area contributed by atoms with E-state index in [1.165, 1.54) is 27.8 Å². The van der Waals surface area contributed by atoms with Crippen molar-refractivity contribution in [1.29, 1.82) is 0 Å². The van der Waals surface area contributed by atoms with Crippen molar-refractivity contribution in [3.63, 3.8) is 0 Å². The highest BCUT2D eigenvalue weighted by Crippen LogP contribution is 2.35. The number of rotatable bonds is 2. The highest BCUT2D eigenvalue weighted by atomic mass is 16.1. The SMILES string of the molecule is Cc1cc(C)c(CC2=CC(=O)CC(C)(C)C2)c(C)c1. The molecule has 0 spiro atoms. The molecule has 1 heteroatoms. The van der Waals surface area contributed by atoms with Crippen LogP contribution in [0.15, 0.2) is 23.8 Å². The molecule has 0 unspecified atom stereocenters. The lowest BCUT2D eigenvalue weighted by atomic mass is 9.75. The van der Waals surface area contributed by atoms with Crippen molar-refractivity contribution in [3.8, 4) is 0 Å². The molecule has 1 nitrogen and oxygen atoms in total. The van der Waals surface area contributed by atoms with E-state index in [0.29, 0.717) is 6.42 Å². The normalized spacial score (nSPS) is 18.4. The first-order valence-electron chi connectivity index (χ1n) is 7.06. The Labute approximate surface area is 116 Å². The third-order valence-corrected chi connectivity index (χ3v) is 3.97. The third kappa shape index (κ3) is 3.34. The Hall–Kier alpha value is -1.37. The Kier molecular flexibility index (Phi) is 3.66. The van der Waals surface area contributed by atoms with E-state index in [9.17, 15) is 4.79 Å². The summed E-state index contributed by atoms with van der Waals surface area (Å²) in [6.07, 6.45) is 4.52. The summed E-state index contributed by atoms with van der Waals surface area (Å²) >= 11 is 0. The van der Waals surface area contributed by atoms with Gasteiger partial charge in [0.25, 0.3) is 0 Å². The molecule has 1 aliphatic rings. The zero-order valence-corrected chi connectivity index (χ0v) is 12.8. The molecule has 0 atom stereocenters. The summed E-state index contributed by atoms with van der Waals surface area (Å²) in [5, 5.41) is 0. The second kappa shape index (κ2) is 4.96. The predicted octanol–water partition coefficient (Wildman–Crippen LogP) is 4.47. The van der Waals surface area contributed by atoms with E-state index in [0.717, 1.165) is 12.8 Å². The fourth-order valence-corrected chi connectivity index (χ4v) is 3.31. The number of allylic oxidation sites excluding steroid dienone is 2. The van der Waals surface area contributed by atoms with Gasteiger partial charge >= 0.3 is 0 Å². The smallest absolute Gasteiger partial charge is 0.156 e. The molecule has 1 aromatic rings. The van der Waals surface area contributed by atoms with Crippen LogP contribution in [0.2, 0.25) is 0 Å². The van der Waals surface area contributed by atoms with Crippen molar-refractivity contribution in [1.82, 2.24) is 0 Å². The molecular weight excluding hydrogens is 232 g/mol. The van der Waals surface area contributed by atoms with Gasteiger partial charge in [-0.3, -0.25) is 4.79 Å². The molecule has 0 amide bonds. The zero-order valence-electron chi connectivity index (χ0n) is 12.8. The standard InChI is InChI=1S/C18H24O/c1-12-6-13(2)17(14(3)7-12)9-15-8-16(19)11-18(4,5)10-15/h6-8H,9-11H2,1-5H3. The summed E-state index contributed by atoms with van der Waals surface area (Å²) in [4.78, 5) is 11.8. The number of aryl methyl sites for hydroxylation is 3. The molecule has 2 rings (SSSR count). The van der Waals surface area contributed by atoms with Gasteiger partial charge in [-0.05, 0) is 61.8 Å². The topological polar surface area (TPSA) is 17.1 Å². The molecular formula is C18H24O. The molecule has 0 saturated carbocycles. The molecule has 19 heavy (non-hydrogen) atoms. The number of hydrogen-bond acceptors (Lipinski definition) is 1. The fraction of sp³-hybridized carbons (Fsp3) is 0.500. The van der Waals surface area contributed by atoms with E-state index in [4.69, 9.17) is 0 Å². The van der Waals surface area contributed by atoms with Crippen molar-refractivity contribution in [2.45, 2.75) is 53.9 Å². The van der Waals surface area contributed by atoms with E-state index < -0.39 is 0 Å². The number of ketones is 1. The van der Waals surface area contributed by atoms with Crippen LogP contribution in [0.5, 0.6) is 0 Å². The summed E-state index contributed by atoms with van der Waals surface area (Å²) in [6.45, 7) is 10.9. The lowest BCUT2D eigenvalue weighted by Crippen LogP contribution is -2.22. The third-order valence-electron chi connectivity index (χ3n) is 3.97. The fourth-order valence-electron chi connectivity index (χ4n) is 3.31. The van der Waals surface area contributed by atoms with Gasteiger partial charge in [-0.15, -0.1) is 0 Å².